The van der Waals surface area contributed by atoms with Crippen molar-refractivity contribution in [2.24, 2.45) is 0 Å². The standard InChI is InChI=1S/C31H29FN2O11S/c1-15(35)40-13-25-26(41-16(2)36)27(42-17(3)37)28(43-18(4)38)29(44-25)34-23-10-9-21(32)12-22(23)33-31(34)46-14-20-11-19-7-5-6-8-24(19)45-30(20)39/h5-12,25-29H,13-14H2,1-4H3/t25-,26-,27+,28-,29-/m1/s1. The molecule has 46 heavy (non-hydrogen) atoms. The van der Waals surface area contributed by atoms with E-state index in [0.717, 1.165) is 32.5 Å². The molecule has 242 valence electrons. The van der Waals surface area contributed by atoms with Gasteiger partial charge in [0.25, 0.3) is 0 Å². The second-order valence-electron chi connectivity index (χ2n) is 10.4. The number of hydrogen-bond acceptors (Lipinski definition) is 13. The zero-order valence-electron chi connectivity index (χ0n) is 25.1. The van der Waals surface area contributed by atoms with Crippen LogP contribution in [0.15, 0.2) is 62.9 Å². The third kappa shape index (κ3) is 7.21. The van der Waals surface area contributed by atoms with E-state index in [1.807, 2.05) is 0 Å². The molecule has 0 unspecified atom stereocenters. The summed E-state index contributed by atoms with van der Waals surface area (Å²) in [6.45, 7) is 4.10. The minimum absolute atomic E-state index is 0.0598. The Balaban J connectivity index is 1.63. The Bertz CT molecular complexity index is 1870. The number of rotatable bonds is 9. The molecule has 0 aliphatic carbocycles. The van der Waals surface area contributed by atoms with E-state index in [1.165, 1.54) is 29.7 Å². The van der Waals surface area contributed by atoms with Crippen LogP contribution in [-0.4, -0.2) is 64.5 Å². The monoisotopic (exact) mass is 656 g/mol. The van der Waals surface area contributed by atoms with E-state index in [2.05, 4.69) is 4.98 Å². The van der Waals surface area contributed by atoms with Gasteiger partial charge in [-0.2, -0.15) is 0 Å². The van der Waals surface area contributed by atoms with Gasteiger partial charge >= 0.3 is 29.5 Å². The smallest absolute Gasteiger partial charge is 0.340 e. The van der Waals surface area contributed by atoms with E-state index in [4.69, 9.17) is 28.1 Å². The molecular weight excluding hydrogens is 627 g/mol. The van der Waals surface area contributed by atoms with Crippen LogP contribution in [-0.2, 0) is 48.6 Å². The first kappa shape index (κ1) is 32.6. The van der Waals surface area contributed by atoms with Crippen molar-refractivity contribution in [2.45, 2.75) is 69.2 Å². The molecule has 0 saturated carbocycles. The molecule has 3 heterocycles. The number of carbonyl (C=O) groups is 4. The van der Waals surface area contributed by atoms with Crippen LogP contribution >= 0.6 is 11.8 Å². The summed E-state index contributed by atoms with van der Waals surface area (Å²) in [5.74, 6) is -3.53. The zero-order valence-corrected chi connectivity index (χ0v) is 25.9. The van der Waals surface area contributed by atoms with Crippen LogP contribution in [0.5, 0.6) is 0 Å². The van der Waals surface area contributed by atoms with Gasteiger partial charge in [0.05, 0.1) is 11.0 Å². The summed E-state index contributed by atoms with van der Waals surface area (Å²) in [6, 6.07) is 12.5. The first-order valence-electron chi connectivity index (χ1n) is 14.0. The lowest BCUT2D eigenvalue weighted by atomic mass is 9.97. The largest absolute Gasteiger partial charge is 0.463 e. The highest BCUT2D eigenvalue weighted by Gasteiger charge is 2.53. The third-order valence-corrected chi connectivity index (χ3v) is 7.91. The molecule has 5 atom stereocenters. The van der Waals surface area contributed by atoms with E-state index in [0.29, 0.717) is 22.0 Å². The van der Waals surface area contributed by atoms with E-state index in [1.54, 1.807) is 30.3 Å². The van der Waals surface area contributed by atoms with Crippen molar-refractivity contribution in [1.29, 1.82) is 0 Å². The van der Waals surface area contributed by atoms with Crippen LogP contribution in [0.3, 0.4) is 0 Å². The fraction of sp³-hybridized carbons (Fsp3) is 0.355. The maximum absolute atomic E-state index is 14.4. The predicted molar refractivity (Wildman–Crippen MR) is 159 cm³/mol. The molecular formula is C31H29FN2O11S. The number of halogens is 1. The van der Waals surface area contributed by atoms with Crippen LogP contribution in [0.4, 0.5) is 4.39 Å². The summed E-state index contributed by atoms with van der Waals surface area (Å²) >= 11 is 1.09. The fourth-order valence-corrected chi connectivity index (χ4v) is 6.15. The molecule has 2 aromatic carbocycles. The number of carbonyl (C=O) groups excluding carboxylic acids is 4. The van der Waals surface area contributed by atoms with Crippen molar-refractivity contribution < 1.29 is 51.7 Å². The van der Waals surface area contributed by atoms with Crippen molar-refractivity contribution in [3.05, 3.63) is 70.3 Å². The number of imidazole rings is 1. The highest BCUT2D eigenvalue weighted by Crippen LogP contribution is 2.40. The third-order valence-electron chi connectivity index (χ3n) is 6.91. The summed E-state index contributed by atoms with van der Waals surface area (Å²) in [5.41, 5.74) is 0.694. The molecule has 0 radical (unpaired) electrons. The Hall–Kier alpha value is -4.76. The maximum atomic E-state index is 14.4. The number of nitrogens with zero attached hydrogens (tertiary/aromatic N) is 2. The van der Waals surface area contributed by atoms with Crippen molar-refractivity contribution in [2.75, 3.05) is 6.61 Å². The van der Waals surface area contributed by atoms with E-state index >= 15 is 0 Å². The molecule has 5 rings (SSSR count). The van der Waals surface area contributed by atoms with Gasteiger partial charge in [-0.25, -0.2) is 14.2 Å². The van der Waals surface area contributed by atoms with Gasteiger partial charge in [-0.3, -0.25) is 23.7 Å². The second-order valence-corrected chi connectivity index (χ2v) is 11.3. The van der Waals surface area contributed by atoms with Crippen molar-refractivity contribution in [3.63, 3.8) is 0 Å². The lowest BCUT2D eigenvalue weighted by Crippen LogP contribution is -2.60. The van der Waals surface area contributed by atoms with Gasteiger partial charge in [-0.05, 0) is 24.3 Å². The Morgan fingerprint density at radius 3 is 2.26 bits per heavy atom. The maximum Gasteiger partial charge on any atom is 0.340 e. The Morgan fingerprint density at radius 2 is 1.57 bits per heavy atom. The van der Waals surface area contributed by atoms with Gasteiger partial charge in [0, 0.05) is 50.5 Å². The van der Waals surface area contributed by atoms with Crippen LogP contribution in [0.1, 0.15) is 39.5 Å². The molecule has 15 heteroatoms. The fourth-order valence-electron chi connectivity index (χ4n) is 5.16. The number of para-hydroxylation sites is 1. The van der Waals surface area contributed by atoms with Gasteiger partial charge in [0.2, 0.25) is 0 Å². The molecule has 4 aromatic rings. The number of thioether (sulfide) groups is 1. The Labute approximate surface area is 264 Å². The van der Waals surface area contributed by atoms with Crippen LogP contribution in [0.25, 0.3) is 22.0 Å². The first-order valence-corrected chi connectivity index (χ1v) is 15.0. The summed E-state index contributed by atoms with van der Waals surface area (Å²) in [5, 5.41) is 0.905. The molecule has 0 bridgehead atoms. The van der Waals surface area contributed by atoms with Crippen molar-refractivity contribution >= 4 is 57.6 Å². The normalized spacial score (nSPS) is 21.1. The van der Waals surface area contributed by atoms with Gasteiger partial charge in [-0.1, -0.05) is 30.0 Å². The van der Waals surface area contributed by atoms with Gasteiger partial charge in [-0.15, -0.1) is 0 Å². The topological polar surface area (TPSA) is 162 Å². The van der Waals surface area contributed by atoms with Crippen molar-refractivity contribution in [1.82, 2.24) is 9.55 Å². The Morgan fingerprint density at radius 1 is 0.891 bits per heavy atom. The van der Waals surface area contributed by atoms with Gasteiger partial charge in [0.15, 0.2) is 29.7 Å². The molecule has 2 aromatic heterocycles. The quantitative estimate of drug-likeness (QED) is 0.111. The predicted octanol–water partition coefficient (Wildman–Crippen LogP) is 3.83. The van der Waals surface area contributed by atoms with Crippen LogP contribution in [0, 0.1) is 5.82 Å². The lowest BCUT2D eigenvalue weighted by Gasteiger charge is -2.45. The SMILES string of the molecule is CC(=O)OC[C@H]1O[C@@H](n2c(SCc3cc4ccccc4oc3=O)nc3cc(F)ccc32)[C@H](OC(C)=O)[C@@H](OC(C)=O)[C@@H]1OC(C)=O. The van der Waals surface area contributed by atoms with Crippen LogP contribution < -0.4 is 5.63 Å². The summed E-state index contributed by atoms with van der Waals surface area (Å²) in [4.78, 5) is 66.0. The molecule has 0 N–H and O–H groups in total. The molecule has 13 nitrogen and oxygen atoms in total. The number of esters is 4. The number of aromatic nitrogens is 2. The van der Waals surface area contributed by atoms with Gasteiger partial charge < -0.3 is 28.1 Å². The molecule has 0 spiro atoms. The summed E-state index contributed by atoms with van der Waals surface area (Å²) in [7, 11) is 0. The van der Waals surface area contributed by atoms with Crippen molar-refractivity contribution in [3.8, 4) is 0 Å². The number of hydrogen-bond donors (Lipinski definition) is 0. The highest BCUT2D eigenvalue weighted by molar-refractivity contribution is 7.98. The van der Waals surface area contributed by atoms with E-state index in [-0.39, 0.29) is 16.4 Å². The first-order chi connectivity index (χ1) is 21.9. The molecule has 1 saturated heterocycles. The molecule has 1 aliphatic heterocycles. The number of ether oxygens (including phenoxy) is 5. The van der Waals surface area contributed by atoms with E-state index < -0.39 is 72.6 Å². The van der Waals surface area contributed by atoms with Crippen LogP contribution in [0.2, 0.25) is 0 Å². The second kappa shape index (κ2) is 13.7. The molecule has 0 amide bonds. The Kier molecular flexibility index (Phi) is 9.72. The number of benzene rings is 2. The highest BCUT2D eigenvalue weighted by atomic mass is 32.2. The minimum Gasteiger partial charge on any atom is -0.463 e. The average molecular weight is 657 g/mol. The molecule has 1 aliphatic rings. The minimum atomic E-state index is -1.44. The summed E-state index contributed by atoms with van der Waals surface area (Å²) in [6.07, 6.45) is -6.81. The summed E-state index contributed by atoms with van der Waals surface area (Å²) < 4.78 is 49.5. The van der Waals surface area contributed by atoms with Gasteiger partial charge in [0.1, 0.15) is 24.1 Å². The molecule has 1 fully saturated rings. The zero-order chi connectivity index (χ0) is 33.1. The van der Waals surface area contributed by atoms with E-state index in [9.17, 15) is 28.4 Å². The lowest BCUT2D eigenvalue weighted by molar-refractivity contribution is -0.269. The number of fused-ring (bicyclic) bond motifs is 2. The average Bonchev–Trinajstić information content (AvgIpc) is 3.33.